The van der Waals surface area contributed by atoms with E-state index < -0.39 is 0 Å². The van der Waals surface area contributed by atoms with Gasteiger partial charge in [-0.2, -0.15) is 5.10 Å². The predicted molar refractivity (Wildman–Crippen MR) is 83.2 cm³/mol. The van der Waals surface area contributed by atoms with Gasteiger partial charge in [0.1, 0.15) is 5.82 Å². The molecule has 1 heterocycles. The lowest BCUT2D eigenvalue weighted by atomic mass is 10.1. The van der Waals surface area contributed by atoms with Gasteiger partial charge >= 0.3 is 0 Å². The molecule has 0 saturated carbocycles. The maximum Gasteiger partial charge on any atom is 0.127 e. The second-order valence-electron chi connectivity index (χ2n) is 4.71. The topological polar surface area (TPSA) is 43.8 Å². The van der Waals surface area contributed by atoms with Gasteiger partial charge in [0.2, 0.25) is 0 Å². The summed E-state index contributed by atoms with van der Waals surface area (Å²) in [5, 5.41) is 5.25. The number of anilines is 1. The monoisotopic (exact) mass is 283 g/mol. The molecule has 0 amide bonds. The maximum atomic E-state index is 6.05. The first-order chi connectivity index (χ1) is 9.63. The van der Waals surface area contributed by atoms with E-state index in [1.807, 2.05) is 42.5 Å². The Labute approximate surface area is 122 Å². The predicted octanol–water partition coefficient (Wildman–Crippen LogP) is 4.08. The van der Waals surface area contributed by atoms with Crippen molar-refractivity contribution < 1.29 is 0 Å². The highest BCUT2D eigenvalue weighted by molar-refractivity contribution is 6.30. The fraction of sp³-hybridized carbons (Fsp3) is 0.0625. The van der Waals surface area contributed by atoms with Crippen LogP contribution in [-0.2, 0) is 0 Å². The van der Waals surface area contributed by atoms with Gasteiger partial charge in [0, 0.05) is 16.7 Å². The van der Waals surface area contributed by atoms with Crippen LogP contribution in [0.1, 0.15) is 5.56 Å². The summed E-state index contributed by atoms with van der Waals surface area (Å²) in [6.07, 6.45) is 0. The fourth-order valence-electron chi connectivity index (χ4n) is 2.05. The van der Waals surface area contributed by atoms with Crippen molar-refractivity contribution in [3.63, 3.8) is 0 Å². The van der Waals surface area contributed by atoms with E-state index in [0.29, 0.717) is 10.8 Å². The lowest BCUT2D eigenvalue weighted by Gasteiger charge is -2.03. The summed E-state index contributed by atoms with van der Waals surface area (Å²) in [6.45, 7) is 2.06. The second-order valence-corrected chi connectivity index (χ2v) is 5.15. The lowest BCUT2D eigenvalue weighted by Crippen LogP contribution is -2.01. The maximum absolute atomic E-state index is 6.05. The molecule has 100 valence electrons. The highest BCUT2D eigenvalue weighted by atomic mass is 35.5. The quantitative estimate of drug-likeness (QED) is 0.770. The Bertz CT molecular complexity index is 727. The molecule has 3 rings (SSSR count). The standard InChI is InChI=1S/C16H14ClN3/c1-11-2-4-12(5-3-11)15-10-16(18)20(19-15)14-8-6-13(17)7-9-14/h2-10H,18H2,1H3. The zero-order chi connectivity index (χ0) is 14.1. The Morgan fingerprint density at radius 1 is 1.00 bits per heavy atom. The molecule has 3 nitrogen and oxygen atoms in total. The van der Waals surface area contributed by atoms with Crippen molar-refractivity contribution in [1.82, 2.24) is 9.78 Å². The van der Waals surface area contributed by atoms with Crippen LogP contribution in [0.5, 0.6) is 0 Å². The summed E-state index contributed by atoms with van der Waals surface area (Å²) in [5.74, 6) is 0.600. The van der Waals surface area contributed by atoms with Crippen molar-refractivity contribution in [3.8, 4) is 16.9 Å². The van der Waals surface area contributed by atoms with Crippen molar-refractivity contribution in [3.05, 3.63) is 65.2 Å². The number of nitrogens with zero attached hydrogens (tertiary/aromatic N) is 2. The number of rotatable bonds is 2. The van der Waals surface area contributed by atoms with Gasteiger partial charge in [0.25, 0.3) is 0 Å². The number of hydrogen-bond acceptors (Lipinski definition) is 2. The van der Waals surface area contributed by atoms with Gasteiger partial charge in [-0.25, -0.2) is 4.68 Å². The smallest absolute Gasteiger partial charge is 0.127 e. The summed E-state index contributed by atoms with van der Waals surface area (Å²) >= 11 is 5.89. The van der Waals surface area contributed by atoms with E-state index in [0.717, 1.165) is 16.9 Å². The number of aromatic nitrogens is 2. The number of hydrogen-bond donors (Lipinski definition) is 1. The number of aryl methyl sites for hydroxylation is 1. The molecule has 0 saturated heterocycles. The summed E-state index contributed by atoms with van der Waals surface area (Å²) < 4.78 is 1.71. The molecule has 2 aromatic carbocycles. The van der Waals surface area contributed by atoms with E-state index in [2.05, 4.69) is 24.2 Å². The van der Waals surface area contributed by atoms with Crippen LogP contribution in [0.25, 0.3) is 16.9 Å². The molecular weight excluding hydrogens is 270 g/mol. The van der Waals surface area contributed by atoms with Gasteiger partial charge in [-0.3, -0.25) is 0 Å². The molecule has 0 aliphatic carbocycles. The number of halogens is 1. The molecule has 3 aromatic rings. The molecule has 0 bridgehead atoms. The van der Waals surface area contributed by atoms with E-state index in [1.165, 1.54) is 5.56 Å². The van der Waals surface area contributed by atoms with Gasteiger partial charge in [0.05, 0.1) is 11.4 Å². The Morgan fingerprint density at radius 3 is 2.30 bits per heavy atom. The van der Waals surface area contributed by atoms with E-state index in [-0.39, 0.29) is 0 Å². The summed E-state index contributed by atoms with van der Waals surface area (Å²) in [5.41, 5.74) is 10.1. The zero-order valence-electron chi connectivity index (χ0n) is 11.0. The van der Waals surface area contributed by atoms with Crippen LogP contribution in [0.2, 0.25) is 5.02 Å². The zero-order valence-corrected chi connectivity index (χ0v) is 11.8. The largest absolute Gasteiger partial charge is 0.384 e. The van der Waals surface area contributed by atoms with Crippen molar-refractivity contribution in [2.24, 2.45) is 0 Å². The first kappa shape index (κ1) is 12.8. The minimum atomic E-state index is 0.600. The Balaban J connectivity index is 2.02. The van der Waals surface area contributed by atoms with E-state index in [9.17, 15) is 0 Å². The second kappa shape index (κ2) is 5.02. The minimum Gasteiger partial charge on any atom is -0.384 e. The molecule has 4 heteroatoms. The Kier molecular flexibility index (Phi) is 3.20. The molecule has 0 radical (unpaired) electrons. The average molecular weight is 284 g/mol. The van der Waals surface area contributed by atoms with Crippen LogP contribution in [0.15, 0.2) is 54.6 Å². The van der Waals surface area contributed by atoms with Gasteiger partial charge < -0.3 is 5.73 Å². The lowest BCUT2D eigenvalue weighted by molar-refractivity contribution is 0.895. The number of benzene rings is 2. The van der Waals surface area contributed by atoms with Crippen LogP contribution in [0.4, 0.5) is 5.82 Å². The highest BCUT2D eigenvalue weighted by Crippen LogP contribution is 2.23. The first-order valence-corrected chi connectivity index (χ1v) is 6.70. The van der Waals surface area contributed by atoms with Crippen molar-refractivity contribution in [1.29, 1.82) is 0 Å². The molecule has 20 heavy (non-hydrogen) atoms. The summed E-state index contributed by atoms with van der Waals surface area (Å²) in [4.78, 5) is 0. The molecular formula is C16H14ClN3. The van der Waals surface area contributed by atoms with Gasteiger partial charge in [0.15, 0.2) is 0 Å². The third kappa shape index (κ3) is 2.40. The third-order valence-electron chi connectivity index (χ3n) is 3.16. The van der Waals surface area contributed by atoms with Crippen molar-refractivity contribution >= 4 is 17.4 Å². The average Bonchev–Trinajstić information content (AvgIpc) is 2.82. The van der Waals surface area contributed by atoms with Crippen molar-refractivity contribution in [2.75, 3.05) is 5.73 Å². The summed E-state index contributed by atoms with van der Waals surface area (Å²) in [6, 6.07) is 17.5. The molecule has 2 N–H and O–H groups in total. The van der Waals surface area contributed by atoms with Crippen LogP contribution in [0, 0.1) is 6.92 Å². The molecule has 1 aromatic heterocycles. The molecule has 0 fully saturated rings. The highest BCUT2D eigenvalue weighted by Gasteiger charge is 2.08. The fourth-order valence-corrected chi connectivity index (χ4v) is 2.18. The van der Waals surface area contributed by atoms with Crippen molar-refractivity contribution in [2.45, 2.75) is 6.92 Å². The van der Waals surface area contributed by atoms with Gasteiger partial charge in [-0.15, -0.1) is 0 Å². The van der Waals surface area contributed by atoms with Crippen LogP contribution >= 0.6 is 11.6 Å². The van der Waals surface area contributed by atoms with E-state index >= 15 is 0 Å². The number of nitrogens with two attached hydrogens (primary N) is 1. The number of nitrogen functional groups attached to an aromatic ring is 1. The molecule has 0 unspecified atom stereocenters. The molecule has 0 aliphatic rings. The normalized spacial score (nSPS) is 10.7. The SMILES string of the molecule is Cc1ccc(-c2cc(N)n(-c3ccc(Cl)cc3)n2)cc1. The van der Waals surface area contributed by atoms with Gasteiger partial charge in [-0.1, -0.05) is 41.4 Å². The first-order valence-electron chi connectivity index (χ1n) is 6.32. The van der Waals surface area contributed by atoms with Gasteiger partial charge in [-0.05, 0) is 31.2 Å². The molecule has 0 spiro atoms. The van der Waals surface area contributed by atoms with E-state index in [1.54, 1.807) is 4.68 Å². The van der Waals surface area contributed by atoms with Crippen LogP contribution < -0.4 is 5.73 Å². The van der Waals surface area contributed by atoms with E-state index in [4.69, 9.17) is 17.3 Å². The third-order valence-corrected chi connectivity index (χ3v) is 3.41. The van der Waals surface area contributed by atoms with Crippen LogP contribution in [-0.4, -0.2) is 9.78 Å². The Hall–Kier alpha value is -2.26. The van der Waals surface area contributed by atoms with Crippen LogP contribution in [0.3, 0.4) is 0 Å². The Morgan fingerprint density at radius 2 is 1.65 bits per heavy atom. The minimum absolute atomic E-state index is 0.600. The molecule has 0 aliphatic heterocycles. The summed E-state index contributed by atoms with van der Waals surface area (Å²) in [7, 11) is 0. The molecule has 0 atom stereocenters.